The summed E-state index contributed by atoms with van der Waals surface area (Å²) in [5.74, 6) is 2.17. The van der Waals surface area contributed by atoms with E-state index in [0.29, 0.717) is 19.0 Å². The lowest BCUT2D eigenvalue weighted by atomic mass is 9.89. The highest BCUT2D eigenvalue weighted by atomic mass is 16.5. The lowest BCUT2D eigenvalue weighted by Crippen LogP contribution is -2.30. The second-order valence-electron chi connectivity index (χ2n) is 5.93. The van der Waals surface area contributed by atoms with E-state index in [9.17, 15) is 5.11 Å². The maximum absolute atomic E-state index is 10.1. The van der Waals surface area contributed by atoms with Gasteiger partial charge < -0.3 is 24.6 Å². The Morgan fingerprint density at radius 1 is 1.04 bits per heavy atom. The van der Waals surface area contributed by atoms with Crippen LogP contribution in [0.25, 0.3) is 0 Å². The van der Waals surface area contributed by atoms with Crippen molar-refractivity contribution in [1.29, 1.82) is 0 Å². The zero-order valence-corrected chi connectivity index (χ0v) is 15.0. The quantitative estimate of drug-likeness (QED) is 0.841. The minimum Gasteiger partial charge on any atom is -0.504 e. The summed E-state index contributed by atoms with van der Waals surface area (Å²) in [6, 6.07) is 9.65. The molecule has 1 aliphatic heterocycles. The van der Waals surface area contributed by atoms with E-state index in [2.05, 4.69) is 17.4 Å². The van der Waals surface area contributed by atoms with Crippen LogP contribution in [0, 0.1) is 0 Å². The third-order valence-corrected chi connectivity index (χ3v) is 4.40. The Kier molecular flexibility index (Phi) is 5.34. The predicted molar refractivity (Wildman–Crippen MR) is 97.0 cm³/mol. The molecule has 0 unspecified atom stereocenters. The number of benzene rings is 2. The molecule has 0 aliphatic carbocycles. The number of fused-ring (bicyclic) bond motifs is 1. The highest BCUT2D eigenvalue weighted by Crippen LogP contribution is 2.39. The van der Waals surface area contributed by atoms with E-state index in [-0.39, 0.29) is 11.8 Å². The molecule has 1 aliphatic rings. The number of phenols is 1. The number of hydrogen-bond donors (Lipinski definition) is 2. The summed E-state index contributed by atoms with van der Waals surface area (Å²) in [4.78, 5) is 0. The lowest BCUT2D eigenvalue weighted by molar-refractivity contribution is 0.286. The van der Waals surface area contributed by atoms with Crippen molar-refractivity contribution in [3.05, 3.63) is 47.0 Å². The molecule has 2 N–H and O–H groups in total. The third-order valence-electron chi connectivity index (χ3n) is 4.40. The molecule has 134 valence electrons. The zero-order valence-electron chi connectivity index (χ0n) is 15.0. The Morgan fingerprint density at radius 3 is 2.40 bits per heavy atom. The van der Waals surface area contributed by atoms with Crippen LogP contribution in [0.4, 0.5) is 0 Å². The van der Waals surface area contributed by atoms with Gasteiger partial charge in [0.25, 0.3) is 0 Å². The Balaban J connectivity index is 2.03. The molecule has 0 bridgehead atoms. The first-order valence-electron chi connectivity index (χ1n) is 8.70. The number of phenolic OH excluding ortho intramolecular Hbond substituents is 1. The highest BCUT2D eigenvalue weighted by molar-refractivity contribution is 5.53. The van der Waals surface area contributed by atoms with Crippen LogP contribution in [-0.4, -0.2) is 32.0 Å². The van der Waals surface area contributed by atoms with Gasteiger partial charge in [-0.3, -0.25) is 0 Å². The van der Waals surface area contributed by atoms with Crippen molar-refractivity contribution in [2.24, 2.45) is 0 Å². The second-order valence-corrected chi connectivity index (χ2v) is 5.93. The monoisotopic (exact) mass is 343 g/mol. The number of nitrogens with one attached hydrogen (secondary N) is 1. The van der Waals surface area contributed by atoms with Crippen LogP contribution in [0.2, 0.25) is 0 Å². The molecule has 0 saturated carbocycles. The highest BCUT2D eigenvalue weighted by Gasteiger charge is 2.24. The van der Waals surface area contributed by atoms with Gasteiger partial charge in [0.1, 0.15) is 0 Å². The number of methoxy groups -OCH3 is 1. The predicted octanol–water partition coefficient (Wildman–Crippen LogP) is 3.43. The fourth-order valence-electron chi connectivity index (χ4n) is 3.28. The minimum absolute atomic E-state index is 0.00422. The van der Waals surface area contributed by atoms with Gasteiger partial charge in [-0.2, -0.15) is 0 Å². The first-order chi connectivity index (χ1) is 12.2. The molecule has 0 amide bonds. The van der Waals surface area contributed by atoms with Crippen molar-refractivity contribution in [2.75, 3.05) is 26.9 Å². The zero-order chi connectivity index (χ0) is 17.8. The molecule has 2 aromatic carbocycles. The Hall–Kier alpha value is -2.40. The summed E-state index contributed by atoms with van der Waals surface area (Å²) in [6.45, 7) is 5.99. The summed E-state index contributed by atoms with van der Waals surface area (Å²) >= 11 is 0. The van der Waals surface area contributed by atoms with Crippen molar-refractivity contribution in [3.63, 3.8) is 0 Å². The number of ether oxygens (including phenoxy) is 3. The molecule has 0 fully saturated rings. The molecule has 0 saturated heterocycles. The van der Waals surface area contributed by atoms with E-state index < -0.39 is 0 Å². The van der Waals surface area contributed by atoms with Crippen LogP contribution in [0.5, 0.6) is 23.0 Å². The van der Waals surface area contributed by atoms with E-state index >= 15 is 0 Å². The van der Waals surface area contributed by atoms with Crippen LogP contribution in [0.3, 0.4) is 0 Å². The number of hydrogen-bond acceptors (Lipinski definition) is 5. The topological polar surface area (TPSA) is 60.0 Å². The summed E-state index contributed by atoms with van der Waals surface area (Å²) < 4.78 is 16.7. The summed E-state index contributed by atoms with van der Waals surface area (Å²) in [5, 5.41) is 13.7. The van der Waals surface area contributed by atoms with Gasteiger partial charge in [-0.05, 0) is 61.2 Å². The van der Waals surface area contributed by atoms with Gasteiger partial charge in [0.2, 0.25) is 0 Å². The summed E-state index contributed by atoms with van der Waals surface area (Å²) in [5.41, 5.74) is 3.39. The average molecular weight is 343 g/mol. The van der Waals surface area contributed by atoms with E-state index in [1.807, 2.05) is 19.9 Å². The minimum atomic E-state index is -0.00422. The molecule has 0 radical (unpaired) electrons. The molecule has 3 rings (SSSR count). The van der Waals surface area contributed by atoms with E-state index in [1.54, 1.807) is 19.2 Å². The second kappa shape index (κ2) is 7.66. The number of rotatable bonds is 6. The third kappa shape index (κ3) is 3.51. The molecule has 1 atom stereocenters. The van der Waals surface area contributed by atoms with Crippen LogP contribution in [0.1, 0.15) is 36.6 Å². The van der Waals surface area contributed by atoms with Gasteiger partial charge in [0.15, 0.2) is 23.0 Å². The fourth-order valence-corrected chi connectivity index (χ4v) is 3.28. The Morgan fingerprint density at radius 2 is 1.76 bits per heavy atom. The maximum atomic E-state index is 10.1. The van der Waals surface area contributed by atoms with Crippen molar-refractivity contribution in [3.8, 4) is 23.0 Å². The molecule has 5 nitrogen and oxygen atoms in total. The van der Waals surface area contributed by atoms with Crippen molar-refractivity contribution < 1.29 is 19.3 Å². The largest absolute Gasteiger partial charge is 0.504 e. The summed E-state index contributed by atoms with van der Waals surface area (Å²) in [7, 11) is 1.55. The molecule has 5 heteroatoms. The first kappa shape index (κ1) is 17.4. The first-order valence-corrected chi connectivity index (χ1v) is 8.70. The molecular weight excluding hydrogens is 318 g/mol. The van der Waals surface area contributed by atoms with Crippen molar-refractivity contribution >= 4 is 0 Å². The van der Waals surface area contributed by atoms with Gasteiger partial charge in [-0.15, -0.1) is 0 Å². The van der Waals surface area contributed by atoms with Crippen LogP contribution in [-0.2, 0) is 6.42 Å². The van der Waals surface area contributed by atoms with Crippen molar-refractivity contribution in [2.45, 2.75) is 26.3 Å². The van der Waals surface area contributed by atoms with Crippen LogP contribution < -0.4 is 19.5 Å². The molecular formula is C20H25NO4. The van der Waals surface area contributed by atoms with Gasteiger partial charge in [-0.25, -0.2) is 0 Å². The average Bonchev–Trinajstić information content (AvgIpc) is 2.62. The van der Waals surface area contributed by atoms with Gasteiger partial charge >= 0.3 is 0 Å². The Bertz CT molecular complexity index is 745. The SMILES string of the molecule is CCOc1cc2c(cc1OCC)[C@H](c1ccc(OC)c(O)c1)NCC2. The van der Waals surface area contributed by atoms with E-state index in [4.69, 9.17) is 14.2 Å². The van der Waals surface area contributed by atoms with Crippen LogP contribution in [0.15, 0.2) is 30.3 Å². The summed E-state index contributed by atoms with van der Waals surface area (Å²) in [6.07, 6.45) is 0.931. The number of aromatic hydroxyl groups is 1. The Labute approximate surface area is 148 Å². The molecule has 0 spiro atoms. The van der Waals surface area contributed by atoms with Crippen LogP contribution >= 0.6 is 0 Å². The fraction of sp³-hybridized carbons (Fsp3) is 0.400. The van der Waals surface area contributed by atoms with Gasteiger partial charge in [-0.1, -0.05) is 6.07 Å². The van der Waals surface area contributed by atoms with E-state index in [0.717, 1.165) is 35.6 Å². The van der Waals surface area contributed by atoms with Crippen molar-refractivity contribution in [1.82, 2.24) is 5.32 Å². The molecule has 25 heavy (non-hydrogen) atoms. The molecule has 1 heterocycles. The maximum Gasteiger partial charge on any atom is 0.161 e. The molecule has 2 aromatic rings. The molecule has 0 aromatic heterocycles. The smallest absolute Gasteiger partial charge is 0.161 e. The normalized spacial score (nSPS) is 16.2. The lowest BCUT2D eigenvalue weighted by Gasteiger charge is -2.29. The van der Waals surface area contributed by atoms with Gasteiger partial charge in [0.05, 0.1) is 26.4 Å². The van der Waals surface area contributed by atoms with E-state index in [1.165, 1.54) is 5.56 Å². The van der Waals surface area contributed by atoms with Gasteiger partial charge in [0, 0.05) is 6.54 Å². The standard InChI is InChI=1S/C20H25NO4/c1-4-24-18-11-13-8-9-21-20(15(13)12-19(18)25-5-2)14-6-7-17(23-3)16(22)10-14/h6-7,10-12,20-22H,4-5,8-9H2,1-3H3/t20-/m0/s1.